The molecule has 6 aromatic carbocycles. The predicted octanol–water partition coefficient (Wildman–Crippen LogP) is 14.2. The van der Waals surface area contributed by atoms with Gasteiger partial charge in [0.05, 0.1) is 5.69 Å². The summed E-state index contributed by atoms with van der Waals surface area (Å²) in [5.41, 5.74) is 19.1. The zero-order valence-electron chi connectivity index (χ0n) is 32.8. The lowest BCUT2D eigenvalue weighted by molar-refractivity contribution is -0.231. The van der Waals surface area contributed by atoms with Gasteiger partial charge in [-0.05, 0) is 170 Å². The molecule has 2 bridgehead atoms. The van der Waals surface area contributed by atoms with Gasteiger partial charge in [-0.25, -0.2) is 0 Å². The van der Waals surface area contributed by atoms with Gasteiger partial charge in [0.25, 0.3) is 0 Å². The summed E-state index contributed by atoms with van der Waals surface area (Å²) in [5, 5.41) is 0. The van der Waals surface area contributed by atoms with Gasteiger partial charge in [-0.2, -0.15) is 0 Å². The zero-order valence-corrected chi connectivity index (χ0v) is 32.8. The van der Waals surface area contributed by atoms with Gasteiger partial charge >= 0.3 is 0 Å². The maximum absolute atomic E-state index is 2.61. The first-order chi connectivity index (χ1) is 26.7. The molecule has 6 aromatic rings. The summed E-state index contributed by atoms with van der Waals surface area (Å²) in [6.45, 7) is 9.85. The molecule has 0 heterocycles. The number of rotatable bonds is 5. The van der Waals surface area contributed by atoms with E-state index in [1.54, 1.807) is 11.1 Å². The lowest BCUT2D eigenvalue weighted by Gasteiger charge is -2.76. The summed E-state index contributed by atoms with van der Waals surface area (Å²) in [5.74, 6) is 3.51. The third kappa shape index (κ3) is 4.10. The minimum atomic E-state index is 0.0600. The highest BCUT2D eigenvalue weighted by atomic mass is 15.1. The van der Waals surface area contributed by atoms with Gasteiger partial charge in [-0.15, -0.1) is 0 Å². The zero-order chi connectivity index (χ0) is 36.9. The summed E-state index contributed by atoms with van der Waals surface area (Å²) in [7, 11) is 0. The van der Waals surface area contributed by atoms with Crippen molar-refractivity contribution in [3.63, 3.8) is 0 Å². The minimum absolute atomic E-state index is 0.0600. The van der Waals surface area contributed by atoms with Crippen LogP contribution in [0.4, 0.5) is 17.1 Å². The number of fused-ring (bicyclic) bond motifs is 9. The fourth-order valence-electron chi connectivity index (χ4n) is 14.1. The fraction of sp³-hybridized carbons (Fsp3) is 0.333. The second-order valence-corrected chi connectivity index (χ2v) is 19.6. The smallest absolute Gasteiger partial charge is 0.0502 e. The van der Waals surface area contributed by atoms with E-state index in [0.717, 1.165) is 23.7 Å². The second kappa shape index (κ2) is 10.9. The topological polar surface area (TPSA) is 3.24 Å². The van der Waals surface area contributed by atoms with Crippen molar-refractivity contribution >= 4 is 17.1 Å². The Morgan fingerprint density at radius 3 is 1.82 bits per heavy atom. The number of hydrogen-bond acceptors (Lipinski definition) is 1. The number of nitrogens with zero attached hydrogens (tertiary/aromatic N) is 1. The molecule has 12 rings (SSSR count). The highest BCUT2D eigenvalue weighted by Gasteiger charge is 2.84. The molecule has 6 aliphatic carbocycles. The van der Waals surface area contributed by atoms with E-state index in [4.69, 9.17) is 0 Å². The third-order valence-corrected chi connectivity index (χ3v) is 16.4. The van der Waals surface area contributed by atoms with E-state index < -0.39 is 0 Å². The first-order valence-electron chi connectivity index (χ1n) is 21.1. The number of hydrogen-bond donors (Lipinski definition) is 0. The standard InChI is InChI=1S/C54H51N/c1-51(2)26-27-52(3,4)50-46(51)16-11-17-47(50)55(40-21-18-37(19-22-40)35-12-7-5-8-13-35)41-23-25-45-43(32-41)42-30-38(36-14-9-6-10-15-36)20-24-44(42)54(45)48-29-34-28-39-31-49(54)53(39,48)33-34/h5-25,30,32,34,39,48-49H,26-29,31,33H2,1-4H3. The molecule has 0 aromatic heterocycles. The van der Waals surface area contributed by atoms with Crippen molar-refractivity contribution in [2.24, 2.45) is 29.1 Å². The molecule has 272 valence electrons. The van der Waals surface area contributed by atoms with Crippen molar-refractivity contribution in [2.75, 3.05) is 4.90 Å². The molecule has 6 unspecified atom stereocenters. The molecule has 0 amide bonds. The maximum atomic E-state index is 2.61. The van der Waals surface area contributed by atoms with E-state index in [-0.39, 0.29) is 16.2 Å². The van der Waals surface area contributed by atoms with Gasteiger partial charge in [0.2, 0.25) is 0 Å². The lowest BCUT2D eigenvalue weighted by Crippen LogP contribution is -2.73. The van der Waals surface area contributed by atoms with Crippen LogP contribution in [0.2, 0.25) is 0 Å². The quantitative estimate of drug-likeness (QED) is 0.172. The van der Waals surface area contributed by atoms with Crippen LogP contribution in [0.25, 0.3) is 33.4 Å². The SMILES string of the molecule is CC1(C)CCC(C)(C)c2c(N(c3ccc(-c4ccccc4)cc3)c3ccc4c(c3)-c3cc(-c5ccccc5)ccc3C43C4CC5CC6CC3C64C5)cccc21. The van der Waals surface area contributed by atoms with Crippen LogP contribution in [0, 0.1) is 29.1 Å². The molecule has 6 atom stereocenters. The molecule has 1 nitrogen and oxygen atoms in total. The van der Waals surface area contributed by atoms with Crippen molar-refractivity contribution in [2.45, 2.75) is 82.5 Å². The Balaban J connectivity index is 1.08. The largest absolute Gasteiger partial charge is 0.310 e. The van der Waals surface area contributed by atoms with Gasteiger partial charge in [0.15, 0.2) is 0 Å². The Morgan fingerprint density at radius 1 is 0.491 bits per heavy atom. The molecule has 0 radical (unpaired) electrons. The molecule has 6 aliphatic rings. The van der Waals surface area contributed by atoms with Gasteiger partial charge in [0, 0.05) is 16.8 Å². The Hall–Kier alpha value is -4.88. The van der Waals surface area contributed by atoms with Crippen molar-refractivity contribution in [1.82, 2.24) is 0 Å². The highest BCUT2D eigenvalue weighted by Crippen LogP contribution is 2.89. The summed E-state index contributed by atoms with van der Waals surface area (Å²) in [6, 6.07) is 53.6. The van der Waals surface area contributed by atoms with Gasteiger partial charge in [-0.1, -0.05) is 131 Å². The predicted molar refractivity (Wildman–Crippen MR) is 228 cm³/mol. The Kier molecular flexibility index (Phi) is 6.42. The average Bonchev–Trinajstić information content (AvgIpc) is 3.84. The Labute approximate surface area is 327 Å². The fourth-order valence-corrected chi connectivity index (χ4v) is 14.1. The van der Waals surface area contributed by atoms with Crippen molar-refractivity contribution in [3.8, 4) is 33.4 Å². The molecule has 2 spiro atoms. The summed E-state index contributed by atoms with van der Waals surface area (Å²) in [6.07, 6.45) is 8.23. The van der Waals surface area contributed by atoms with Gasteiger partial charge < -0.3 is 4.90 Å². The monoisotopic (exact) mass is 713 g/mol. The van der Waals surface area contributed by atoms with Crippen LogP contribution >= 0.6 is 0 Å². The van der Waals surface area contributed by atoms with Gasteiger partial charge in [-0.3, -0.25) is 0 Å². The van der Waals surface area contributed by atoms with Crippen LogP contribution in [0.1, 0.15) is 88.5 Å². The van der Waals surface area contributed by atoms with E-state index in [2.05, 4.69) is 172 Å². The highest BCUT2D eigenvalue weighted by molar-refractivity contribution is 5.91. The molecule has 0 N–H and O–H groups in total. The van der Waals surface area contributed by atoms with Crippen LogP contribution in [0.5, 0.6) is 0 Å². The first-order valence-corrected chi connectivity index (χ1v) is 21.1. The average molecular weight is 714 g/mol. The molecule has 0 saturated heterocycles. The Bertz CT molecular complexity index is 2530. The maximum Gasteiger partial charge on any atom is 0.0502 e. The normalized spacial score (nSPS) is 29.1. The molecular formula is C54H51N. The van der Waals surface area contributed by atoms with Crippen LogP contribution in [0.15, 0.2) is 140 Å². The van der Waals surface area contributed by atoms with E-state index in [1.807, 2.05) is 0 Å². The van der Waals surface area contributed by atoms with Crippen LogP contribution in [0.3, 0.4) is 0 Å². The summed E-state index contributed by atoms with van der Waals surface area (Å²) >= 11 is 0. The van der Waals surface area contributed by atoms with Crippen LogP contribution in [-0.2, 0) is 16.2 Å². The van der Waals surface area contributed by atoms with E-state index in [0.29, 0.717) is 5.41 Å². The molecule has 0 aliphatic heterocycles. The summed E-state index contributed by atoms with van der Waals surface area (Å²) < 4.78 is 0. The second-order valence-electron chi connectivity index (χ2n) is 19.6. The van der Waals surface area contributed by atoms with Crippen molar-refractivity contribution in [1.29, 1.82) is 0 Å². The van der Waals surface area contributed by atoms with E-state index >= 15 is 0 Å². The molecule has 55 heavy (non-hydrogen) atoms. The number of anilines is 3. The molecule has 1 heteroatoms. The molecule has 4 saturated carbocycles. The minimum Gasteiger partial charge on any atom is -0.310 e. The molecule has 4 fully saturated rings. The Morgan fingerprint density at radius 2 is 1.09 bits per heavy atom. The van der Waals surface area contributed by atoms with Gasteiger partial charge in [0.1, 0.15) is 0 Å². The molecular weight excluding hydrogens is 663 g/mol. The van der Waals surface area contributed by atoms with Crippen molar-refractivity contribution in [3.05, 3.63) is 162 Å². The van der Waals surface area contributed by atoms with E-state index in [1.165, 1.54) is 100 Å². The first kappa shape index (κ1) is 32.4. The summed E-state index contributed by atoms with van der Waals surface area (Å²) in [4.78, 5) is 2.61. The number of benzene rings is 6. The van der Waals surface area contributed by atoms with Crippen LogP contribution < -0.4 is 4.90 Å². The van der Waals surface area contributed by atoms with Crippen molar-refractivity contribution < 1.29 is 0 Å². The van der Waals surface area contributed by atoms with E-state index in [9.17, 15) is 0 Å². The van der Waals surface area contributed by atoms with Crippen LogP contribution in [-0.4, -0.2) is 0 Å². The lowest BCUT2D eigenvalue weighted by atomic mass is 9.27. The third-order valence-electron chi connectivity index (χ3n) is 16.4.